The van der Waals surface area contributed by atoms with Crippen molar-refractivity contribution in [1.29, 1.82) is 0 Å². The summed E-state index contributed by atoms with van der Waals surface area (Å²) in [6.45, 7) is 5.53. The molecule has 0 atom stereocenters. The van der Waals surface area contributed by atoms with E-state index >= 15 is 0 Å². The Bertz CT molecular complexity index is 1100. The monoisotopic (exact) mass is 380 g/mol. The van der Waals surface area contributed by atoms with Gasteiger partial charge in [-0.2, -0.15) is 0 Å². The van der Waals surface area contributed by atoms with Gasteiger partial charge in [-0.05, 0) is 57.2 Å². The summed E-state index contributed by atoms with van der Waals surface area (Å²) < 4.78 is 28.0. The van der Waals surface area contributed by atoms with Gasteiger partial charge in [0.1, 0.15) is 5.69 Å². The van der Waals surface area contributed by atoms with E-state index in [1.54, 1.807) is 55.5 Å². The number of carbonyl (C=O) groups excluding carboxylic acids is 1. The van der Waals surface area contributed by atoms with Crippen LogP contribution in [0.1, 0.15) is 32.9 Å². The summed E-state index contributed by atoms with van der Waals surface area (Å²) in [4.78, 5) is 17.3. The normalized spacial score (nSPS) is 11.2. The number of hydrogen-bond donors (Lipinski definition) is 1. The number of hydrogen-bond acceptors (Lipinski definition) is 4. The summed E-state index contributed by atoms with van der Waals surface area (Å²) in [7, 11) is -3.81. The first-order valence-corrected chi connectivity index (χ1v) is 9.93. The molecule has 0 amide bonds. The molecule has 5 nitrogen and oxygen atoms in total. The molecule has 6 heteroatoms. The molecule has 0 bridgehead atoms. The van der Waals surface area contributed by atoms with E-state index in [1.807, 2.05) is 13.8 Å². The lowest BCUT2D eigenvalue weighted by atomic mass is 10.0. The molecule has 0 spiro atoms. The number of aryl methyl sites for hydroxylation is 3. The van der Waals surface area contributed by atoms with Crippen molar-refractivity contribution in [1.82, 2.24) is 4.98 Å². The predicted octanol–water partition coefficient (Wildman–Crippen LogP) is 4.04. The molecule has 0 saturated carbocycles. The molecular weight excluding hydrogens is 360 g/mol. The van der Waals surface area contributed by atoms with Crippen molar-refractivity contribution in [3.05, 3.63) is 88.7 Å². The summed E-state index contributed by atoms with van der Waals surface area (Å²) in [6.07, 6.45) is 0. The first-order chi connectivity index (χ1) is 12.8. The number of aromatic nitrogens is 1. The lowest BCUT2D eigenvalue weighted by Crippen LogP contribution is -2.16. The van der Waals surface area contributed by atoms with Gasteiger partial charge in [0.15, 0.2) is 0 Å². The molecule has 0 aliphatic rings. The third kappa shape index (κ3) is 4.23. The van der Waals surface area contributed by atoms with Gasteiger partial charge in [0, 0.05) is 11.3 Å². The van der Waals surface area contributed by atoms with Crippen LogP contribution in [0.15, 0.2) is 65.6 Å². The summed E-state index contributed by atoms with van der Waals surface area (Å²) in [5.74, 6) is -0.330. The Morgan fingerprint density at radius 3 is 2.22 bits per heavy atom. The Hall–Kier alpha value is -2.99. The van der Waals surface area contributed by atoms with Crippen molar-refractivity contribution in [3.8, 4) is 0 Å². The molecule has 27 heavy (non-hydrogen) atoms. The average molecular weight is 380 g/mol. The van der Waals surface area contributed by atoms with Crippen molar-refractivity contribution in [2.24, 2.45) is 0 Å². The van der Waals surface area contributed by atoms with Gasteiger partial charge in [-0.1, -0.05) is 35.4 Å². The lowest BCUT2D eigenvalue weighted by Gasteiger charge is -2.13. The van der Waals surface area contributed by atoms with Gasteiger partial charge in [-0.3, -0.25) is 9.52 Å². The van der Waals surface area contributed by atoms with Gasteiger partial charge in [0.2, 0.25) is 5.78 Å². The Morgan fingerprint density at radius 1 is 0.889 bits per heavy atom. The second-order valence-corrected chi connectivity index (χ2v) is 8.14. The quantitative estimate of drug-likeness (QED) is 0.678. The van der Waals surface area contributed by atoms with E-state index in [1.165, 1.54) is 12.1 Å². The minimum atomic E-state index is -3.81. The maximum atomic E-state index is 12.9. The zero-order valence-corrected chi connectivity index (χ0v) is 16.2. The molecule has 3 rings (SSSR count). The highest BCUT2D eigenvalue weighted by atomic mass is 32.2. The highest BCUT2D eigenvalue weighted by Crippen LogP contribution is 2.24. The molecule has 0 radical (unpaired) electrons. The van der Waals surface area contributed by atoms with E-state index in [0.29, 0.717) is 0 Å². The minimum absolute atomic E-state index is 0.140. The standard InChI is InChI=1S/C21H20N2O3S/c1-14-7-10-17(11-8-14)27(25,26)23-19-12-9-15(2)13-18(19)21(24)20-6-4-5-16(3)22-20/h4-13,23H,1-3H3. The molecule has 1 heterocycles. The van der Waals surface area contributed by atoms with Crippen LogP contribution in [-0.2, 0) is 10.0 Å². The fourth-order valence-corrected chi connectivity index (χ4v) is 3.74. The Labute approximate surface area is 159 Å². The fraction of sp³-hybridized carbons (Fsp3) is 0.143. The van der Waals surface area contributed by atoms with E-state index in [9.17, 15) is 13.2 Å². The molecular formula is C21H20N2O3S. The molecule has 0 aliphatic heterocycles. The Morgan fingerprint density at radius 2 is 1.56 bits per heavy atom. The number of nitrogens with one attached hydrogen (secondary N) is 1. The maximum absolute atomic E-state index is 12.9. The molecule has 0 fully saturated rings. The number of sulfonamides is 1. The Balaban J connectivity index is 2.02. The first kappa shape index (κ1) is 18.8. The molecule has 0 aliphatic carbocycles. The number of anilines is 1. The maximum Gasteiger partial charge on any atom is 0.261 e. The minimum Gasteiger partial charge on any atom is -0.287 e. The molecule has 2 aromatic carbocycles. The van der Waals surface area contributed by atoms with Crippen molar-refractivity contribution in [2.75, 3.05) is 4.72 Å². The van der Waals surface area contributed by atoms with Gasteiger partial charge in [0.25, 0.3) is 10.0 Å². The van der Waals surface area contributed by atoms with Gasteiger partial charge < -0.3 is 0 Å². The number of rotatable bonds is 5. The van der Waals surface area contributed by atoms with Gasteiger partial charge >= 0.3 is 0 Å². The molecule has 0 saturated heterocycles. The Kier molecular flexibility index (Phi) is 5.10. The zero-order chi connectivity index (χ0) is 19.6. The van der Waals surface area contributed by atoms with E-state index in [-0.39, 0.29) is 27.6 Å². The van der Waals surface area contributed by atoms with Crippen LogP contribution in [0.25, 0.3) is 0 Å². The smallest absolute Gasteiger partial charge is 0.261 e. The summed E-state index contributed by atoms with van der Waals surface area (Å²) in [6, 6.07) is 16.7. The fourth-order valence-electron chi connectivity index (χ4n) is 2.66. The summed E-state index contributed by atoms with van der Waals surface area (Å²) >= 11 is 0. The van der Waals surface area contributed by atoms with E-state index in [0.717, 1.165) is 16.8 Å². The lowest BCUT2D eigenvalue weighted by molar-refractivity contribution is 0.103. The number of ketones is 1. The predicted molar refractivity (Wildman–Crippen MR) is 106 cm³/mol. The SMILES string of the molecule is Cc1ccc(S(=O)(=O)Nc2ccc(C)cc2C(=O)c2cccc(C)n2)cc1. The van der Waals surface area contributed by atoms with Gasteiger partial charge in [0.05, 0.1) is 10.6 Å². The van der Waals surface area contributed by atoms with Crippen LogP contribution in [0, 0.1) is 20.8 Å². The van der Waals surface area contributed by atoms with Gasteiger partial charge in [-0.25, -0.2) is 13.4 Å². The van der Waals surface area contributed by atoms with Crippen molar-refractivity contribution < 1.29 is 13.2 Å². The molecule has 1 N–H and O–H groups in total. The average Bonchev–Trinajstić information content (AvgIpc) is 2.63. The number of nitrogens with zero attached hydrogens (tertiary/aromatic N) is 1. The number of benzene rings is 2. The second kappa shape index (κ2) is 7.32. The van der Waals surface area contributed by atoms with E-state index in [2.05, 4.69) is 9.71 Å². The van der Waals surface area contributed by atoms with Crippen LogP contribution in [0.2, 0.25) is 0 Å². The van der Waals surface area contributed by atoms with Crippen LogP contribution >= 0.6 is 0 Å². The highest BCUT2D eigenvalue weighted by molar-refractivity contribution is 7.92. The van der Waals surface area contributed by atoms with E-state index < -0.39 is 10.0 Å². The van der Waals surface area contributed by atoms with Gasteiger partial charge in [-0.15, -0.1) is 0 Å². The zero-order valence-electron chi connectivity index (χ0n) is 15.4. The van der Waals surface area contributed by atoms with Crippen LogP contribution in [-0.4, -0.2) is 19.2 Å². The first-order valence-electron chi connectivity index (χ1n) is 8.45. The molecule has 1 aromatic heterocycles. The largest absolute Gasteiger partial charge is 0.287 e. The third-order valence-corrected chi connectivity index (χ3v) is 5.50. The van der Waals surface area contributed by atoms with Crippen LogP contribution in [0.4, 0.5) is 5.69 Å². The van der Waals surface area contributed by atoms with Crippen molar-refractivity contribution in [2.45, 2.75) is 25.7 Å². The third-order valence-electron chi connectivity index (χ3n) is 4.12. The number of carbonyl (C=O) groups is 1. The number of pyridine rings is 1. The second-order valence-electron chi connectivity index (χ2n) is 6.46. The van der Waals surface area contributed by atoms with Crippen LogP contribution in [0.5, 0.6) is 0 Å². The molecule has 138 valence electrons. The topological polar surface area (TPSA) is 76.1 Å². The molecule has 3 aromatic rings. The van der Waals surface area contributed by atoms with Crippen molar-refractivity contribution >= 4 is 21.5 Å². The summed E-state index contributed by atoms with van der Waals surface area (Å²) in [5.41, 5.74) is 3.31. The van der Waals surface area contributed by atoms with Crippen molar-refractivity contribution in [3.63, 3.8) is 0 Å². The van der Waals surface area contributed by atoms with E-state index in [4.69, 9.17) is 0 Å². The van der Waals surface area contributed by atoms with Crippen LogP contribution < -0.4 is 4.72 Å². The highest BCUT2D eigenvalue weighted by Gasteiger charge is 2.20. The summed E-state index contributed by atoms with van der Waals surface area (Å²) in [5, 5.41) is 0. The molecule has 0 unspecified atom stereocenters. The van der Waals surface area contributed by atoms with Crippen LogP contribution in [0.3, 0.4) is 0 Å².